The second-order valence-electron chi connectivity index (χ2n) is 6.19. The van der Waals surface area contributed by atoms with E-state index in [4.69, 9.17) is 5.73 Å². The van der Waals surface area contributed by atoms with E-state index in [2.05, 4.69) is 11.8 Å². The van der Waals surface area contributed by atoms with Crippen molar-refractivity contribution in [3.63, 3.8) is 0 Å². The van der Waals surface area contributed by atoms with Gasteiger partial charge in [0.05, 0.1) is 11.3 Å². The third-order valence-corrected chi connectivity index (χ3v) is 4.75. The van der Waals surface area contributed by atoms with Crippen LogP contribution in [0.2, 0.25) is 0 Å². The van der Waals surface area contributed by atoms with Crippen molar-refractivity contribution in [1.29, 1.82) is 0 Å². The van der Waals surface area contributed by atoms with Crippen molar-refractivity contribution in [3.8, 4) is 5.75 Å². The van der Waals surface area contributed by atoms with E-state index in [1.807, 2.05) is 4.90 Å². The number of rotatable bonds is 1. The van der Waals surface area contributed by atoms with Gasteiger partial charge in [0.2, 0.25) is 0 Å². The summed E-state index contributed by atoms with van der Waals surface area (Å²) >= 11 is 0. The molecule has 0 bridgehead atoms. The SMILES string of the molecule is CC1CN2CCCCC2CN1C(=O)c1cccc(N)c1O. The number of para-hydroxylation sites is 1. The second kappa shape index (κ2) is 5.56. The van der Waals surface area contributed by atoms with E-state index < -0.39 is 0 Å². The lowest BCUT2D eigenvalue weighted by Crippen LogP contribution is -2.60. The Hall–Kier alpha value is -1.75. The van der Waals surface area contributed by atoms with Crippen LogP contribution in [0.15, 0.2) is 18.2 Å². The summed E-state index contributed by atoms with van der Waals surface area (Å²) in [5.74, 6) is -0.210. The maximum atomic E-state index is 12.7. The molecule has 3 rings (SSSR count). The molecule has 3 N–H and O–H groups in total. The third-order valence-electron chi connectivity index (χ3n) is 4.75. The van der Waals surface area contributed by atoms with Crippen LogP contribution in [0.4, 0.5) is 5.69 Å². The minimum atomic E-state index is -0.113. The van der Waals surface area contributed by atoms with Crippen LogP contribution in [0.3, 0.4) is 0 Å². The molecule has 0 radical (unpaired) electrons. The highest BCUT2D eigenvalue weighted by molar-refractivity contribution is 5.98. The fourth-order valence-corrected chi connectivity index (χ4v) is 3.52. The van der Waals surface area contributed by atoms with Crippen molar-refractivity contribution in [3.05, 3.63) is 23.8 Å². The summed E-state index contributed by atoms with van der Waals surface area (Å²) in [7, 11) is 0. The standard InChI is InChI=1S/C16H23N3O2/c1-11-9-18-8-3-2-5-12(18)10-19(11)16(21)13-6-4-7-14(17)15(13)20/h4,6-7,11-12,20H,2-3,5,8-10,17H2,1H3. The van der Waals surface area contributed by atoms with Crippen molar-refractivity contribution in [1.82, 2.24) is 9.80 Å². The van der Waals surface area contributed by atoms with E-state index in [1.54, 1.807) is 18.2 Å². The Morgan fingerprint density at radius 2 is 2.14 bits per heavy atom. The van der Waals surface area contributed by atoms with Gasteiger partial charge in [0.15, 0.2) is 5.75 Å². The van der Waals surface area contributed by atoms with E-state index in [-0.39, 0.29) is 23.4 Å². The number of phenolic OH excluding ortho intramolecular Hbond substituents is 1. The summed E-state index contributed by atoms with van der Waals surface area (Å²) in [4.78, 5) is 17.1. The highest BCUT2D eigenvalue weighted by Gasteiger charge is 2.36. The zero-order valence-electron chi connectivity index (χ0n) is 12.5. The number of hydrogen-bond donors (Lipinski definition) is 2. The molecule has 5 heteroatoms. The van der Waals surface area contributed by atoms with Gasteiger partial charge < -0.3 is 15.7 Å². The van der Waals surface area contributed by atoms with Gasteiger partial charge in [0.25, 0.3) is 5.91 Å². The number of nitrogens with zero attached hydrogens (tertiary/aromatic N) is 2. The van der Waals surface area contributed by atoms with Crippen molar-refractivity contribution < 1.29 is 9.90 Å². The van der Waals surface area contributed by atoms with E-state index in [1.165, 1.54) is 12.8 Å². The van der Waals surface area contributed by atoms with Crippen LogP contribution in [-0.4, -0.2) is 52.5 Å². The van der Waals surface area contributed by atoms with Crippen molar-refractivity contribution in [2.24, 2.45) is 0 Å². The first kappa shape index (κ1) is 14.2. The van der Waals surface area contributed by atoms with Crippen molar-refractivity contribution in [2.75, 3.05) is 25.4 Å². The van der Waals surface area contributed by atoms with E-state index >= 15 is 0 Å². The molecule has 2 unspecified atom stereocenters. The Bertz CT molecular complexity index is 546. The van der Waals surface area contributed by atoms with Gasteiger partial charge in [-0.15, -0.1) is 0 Å². The molecule has 21 heavy (non-hydrogen) atoms. The number of fused-ring (bicyclic) bond motifs is 1. The highest BCUT2D eigenvalue weighted by atomic mass is 16.3. The zero-order chi connectivity index (χ0) is 15.0. The van der Waals surface area contributed by atoms with Crippen molar-refractivity contribution in [2.45, 2.75) is 38.3 Å². The number of amides is 1. The number of anilines is 1. The minimum Gasteiger partial charge on any atom is -0.505 e. The molecule has 0 aromatic heterocycles. The molecule has 1 aromatic rings. The molecule has 5 nitrogen and oxygen atoms in total. The van der Waals surface area contributed by atoms with Gasteiger partial charge >= 0.3 is 0 Å². The summed E-state index contributed by atoms with van der Waals surface area (Å²) in [6.45, 7) is 4.88. The molecule has 0 saturated carbocycles. The lowest BCUT2D eigenvalue weighted by Gasteiger charge is -2.47. The quantitative estimate of drug-likeness (QED) is 0.609. The number of aromatic hydroxyl groups is 1. The molecule has 2 heterocycles. The Balaban J connectivity index is 1.82. The molecule has 0 spiro atoms. The summed E-state index contributed by atoms with van der Waals surface area (Å²) in [6, 6.07) is 5.58. The van der Waals surface area contributed by atoms with Gasteiger partial charge in [0, 0.05) is 25.2 Å². The number of benzene rings is 1. The highest BCUT2D eigenvalue weighted by Crippen LogP contribution is 2.29. The Kier molecular flexibility index (Phi) is 3.76. The molecule has 2 aliphatic heterocycles. The molecule has 2 aliphatic rings. The first-order valence-corrected chi connectivity index (χ1v) is 7.70. The fraction of sp³-hybridized carbons (Fsp3) is 0.562. The number of phenols is 1. The topological polar surface area (TPSA) is 69.8 Å². The van der Waals surface area contributed by atoms with Crippen LogP contribution in [0.5, 0.6) is 5.75 Å². The minimum absolute atomic E-state index is 0.0965. The molecule has 2 atom stereocenters. The summed E-state index contributed by atoms with van der Waals surface area (Å²) in [5, 5.41) is 10.0. The number of nitrogen functional groups attached to an aromatic ring is 1. The average molecular weight is 289 g/mol. The first-order chi connectivity index (χ1) is 10.1. The fourth-order valence-electron chi connectivity index (χ4n) is 3.52. The van der Waals surface area contributed by atoms with Gasteiger partial charge in [-0.05, 0) is 38.4 Å². The monoisotopic (exact) mass is 289 g/mol. The Morgan fingerprint density at radius 1 is 1.33 bits per heavy atom. The molecule has 0 aliphatic carbocycles. The molecule has 1 aromatic carbocycles. The van der Waals surface area contributed by atoms with E-state index in [0.29, 0.717) is 11.6 Å². The third kappa shape index (κ3) is 2.58. The molecule has 1 amide bonds. The van der Waals surface area contributed by atoms with Crippen LogP contribution in [0.25, 0.3) is 0 Å². The van der Waals surface area contributed by atoms with Gasteiger partial charge in [-0.3, -0.25) is 9.69 Å². The number of carbonyl (C=O) groups excluding carboxylic acids is 1. The van der Waals surface area contributed by atoms with Crippen molar-refractivity contribution >= 4 is 11.6 Å². The maximum absolute atomic E-state index is 12.7. The van der Waals surface area contributed by atoms with Crippen LogP contribution < -0.4 is 5.73 Å². The van der Waals surface area contributed by atoms with Gasteiger partial charge in [-0.25, -0.2) is 0 Å². The number of piperazine rings is 1. The van der Waals surface area contributed by atoms with Crippen LogP contribution in [-0.2, 0) is 0 Å². The normalized spacial score (nSPS) is 26.4. The van der Waals surface area contributed by atoms with E-state index in [0.717, 1.165) is 26.1 Å². The van der Waals surface area contributed by atoms with Gasteiger partial charge in [-0.2, -0.15) is 0 Å². The summed E-state index contributed by atoms with van der Waals surface area (Å²) in [6.07, 6.45) is 3.65. The molecular weight excluding hydrogens is 266 g/mol. The lowest BCUT2D eigenvalue weighted by molar-refractivity contribution is 0.0150. The van der Waals surface area contributed by atoms with Crippen LogP contribution in [0, 0.1) is 0 Å². The number of nitrogens with two attached hydrogens (primary N) is 1. The molecular formula is C16H23N3O2. The zero-order valence-corrected chi connectivity index (χ0v) is 12.5. The summed E-state index contributed by atoms with van der Waals surface area (Å²) in [5.41, 5.74) is 6.27. The molecule has 114 valence electrons. The van der Waals surface area contributed by atoms with E-state index in [9.17, 15) is 9.90 Å². The second-order valence-corrected chi connectivity index (χ2v) is 6.19. The maximum Gasteiger partial charge on any atom is 0.258 e. The van der Waals surface area contributed by atoms with Gasteiger partial charge in [0.1, 0.15) is 0 Å². The summed E-state index contributed by atoms with van der Waals surface area (Å²) < 4.78 is 0. The largest absolute Gasteiger partial charge is 0.505 e. The number of carbonyl (C=O) groups is 1. The first-order valence-electron chi connectivity index (χ1n) is 7.70. The number of hydrogen-bond acceptors (Lipinski definition) is 4. The lowest BCUT2D eigenvalue weighted by atomic mass is 9.96. The smallest absolute Gasteiger partial charge is 0.258 e. The van der Waals surface area contributed by atoms with Crippen LogP contribution in [0.1, 0.15) is 36.5 Å². The van der Waals surface area contributed by atoms with Gasteiger partial charge in [-0.1, -0.05) is 12.5 Å². The predicted octanol–water partition coefficient (Wildman–Crippen LogP) is 1.67. The molecule has 2 saturated heterocycles. The Morgan fingerprint density at radius 3 is 2.95 bits per heavy atom. The Labute approximate surface area is 125 Å². The average Bonchev–Trinajstić information content (AvgIpc) is 2.48. The number of piperidine rings is 1. The predicted molar refractivity (Wildman–Crippen MR) is 82.2 cm³/mol. The molecule has 2 fully saturated rings. The van der Waals surface area contributed by atoms with Crippen LogP contribution >= 0.6 is 0 Å².